The SMILES string of the molecule is CC1C2CC3(C(=CC(=O)C3C)C13COC3=O)C(O)C(=O)O2. The van der Waals surface area contributed by atoms with Crippen molar-refractivity contribution < 1.29 is 29.0 Å². The van der Waals surface area contributed by atoms with Crippen molar-refractivity contribution in [3.63, 3.8) is 0 Å². The van der Waals surface area contributed by atoms with Crippen molar-refractivity contribution in [2.75, 3.05) is 6.61 Å². The first-order chi connectivity index (χ1) is 9.85. The van der Waals surface area contributed by atoms with Gasteiger partial charge in [-0.25, -0.2) is 4.79 Å². The Morgan fingerprint density at radius 3 is 2.57 bits per heavy atom. The summed E-state index contributed by atoms with van der Waals surface area (Å²) in [6.07, 6.45) is -0.0347. The van der Waals surface area contributed by atoms with Gasteiger partial charge in [0.05, 0.1) is 0 Å². The lowest BCUT2D eigenvalue weighted by Crippen LogP contribution is -2.69. The fourth-order valence-corrected chi connectivity index (χ4v) is 4.65. The van der Waals surface area contributed by atoms with Gasteiger partial charge in [-0.1, -0.05) is 13.8 Å². The van der Waals surface area contributed by atoms with Crippen LogP contribution in [0, 0.1) is 22.7 Å². The highest BCUT2D eigenvalue weighted by Crippen LogP contribution is 2.66. The zero-order valence-electron chi connectivity index (χ0n) is 11.8. The van der Waals surface area contributed by atoms with Crippen molar-refractivity contribution in [1.82, 2.24) is 0 Å². The third-order valence-corrected chi connectivity index (χ3v) is 6.12. The predicted octanol–water partition coefficient (Wildman–Crippen LogP) is -0.0127. The fraction of sp³-hybridized carbons (Fsp3) is 0.667. The lowest BCUT2D eigenvalue weighted by atomic mass is 9.48. The van der Waals surface area contributed by atoms with Gasteiger partial charge in [-0.05, 0) is 18.1 Å². The Bertz CT molecular complexity index is 622. The molecule has 2 bridgehead atoms. The summed E-state index contributed by atoms with van der Waals surface area (Å²) < 4.78 is 10.3. The van der Waals surface area contributed by atoms with E-state index in [1.165, 1.54) is 6.08 Å². The molecule has 2 aliphatic heterocycles. The number of carbonyl (C=O) groups is 3. The summed E-state index contributed by atoms with van der Waals surface area (Å²) in [5.74, 6) is -2.02. The summed E-state index contributed by atoms with van der Waals surface area (Å²) in [7, 11) is 0. The minimum Gasteiger partial charge on any atom is -0.463 e. The fourth-order valence-electron chi connectivity index (χ4n) is 4.65. The Labute approximate surface area is 121 Å². The van der Waals surface area contributed by atoms with Gasteiger partial charge in [0.1, 0.15) is 18.1 Å². The third kappa shape index (κ3) is 1.14. The Morgan fingerprint density at radius 1 is 1.29 bits per heavy atom. The van der Waals surface area contributed by atoms with Crippen molar-refractivity contribution in [3.05, 3.63) is 11.6 Å². The smallest absolute Gasteiger partial charge is 0.336 e. The summed E-state index contributed by atoms with van der Waals surface area (Å²) >= 11 is 0. The number of hydrogen-bond donors (Lipinski definition) is 1. The number of allylic oxidation sites excluding steroid dienone is 1. The van der Waals surface area contributed by atoms with Gasteiger partial charge in [-0.15, -0.1) is 0 Å². The quantitative estimate of drug-likeness (QED) is 0.631. The molecule has 1 saturated carbocycles. The van der Waals surface area contributed by atoms with Crippen LogP contribution < -0.4 is 0 Å². The van der Waals surface area contributed by atoms with E-state index in [1.54, 1.807) is 6.92 Å². The van der Waals surface area contributed by atoms with Crippen LogP contribution in [0.5, 0.6) is 0 Å². The van der Waals surface area contributed by atoms with Crippen LogP contribution in [-0.2, 0) is 23.9 Å². The third-order valence-electron chi connectivity index (χ3n) is 6.12. The number of fused-ring (bicyclic) bond motifs is 2. The average molecular weight is 292 g/mol. The van der Waals surface area contributed by atoms with Crippen LogP contribution in [0.2, 0.25) is 0 Å². The topological polar surface area (TPSA) is 89.9 Å². The van der Waals surface area contributed by atoms with Crippen molar-refractivity contribution in [1.29, 1.82) is 0 Å². The molecular weight excluding hydrogens is 276 g/mol. The Morgan fingerprint density at radius 2 is 2.00 bits per heavy atom. The lowest BCUT2D eigenvalue weighted by Gasteiger charge is -2.60. The Hall–Kier alpha value is -1.69. The second-order valence-electron chi connectivity index (χ2n) is 6.64. The standard InChI is InChI=1S/C15H16O6/c1-6-8(16)3-10-14(6)4-9(21-12(18)11(14)17)7(2)15(10)5-20-13(15)19/h3,6-7,9,11,17H,4-5H2,1-2H3. The van der Waals surface area contributed by atoms with Crippen molar-refractivity contribution in [2.24, 2.45) is 22.7 Å². The Balaban J connectivity index is 1.97. The maximum atomic E-state index is 12.2. The summed E-state index contributed by atoms with van der Waals surface area (Å²) in [5, 5.41) is 10.4. The maximum Gasteiger partial charge on any atom is 0.336 e. The molecular formula is C15H16O6. The zero-order valence-corrected chi connectivity index (χ0v) is 11.8. The van der Waals surface area contributed by atoms with Gasteiger partial charge < -0.3 is 14.6 Å². The van der Waals surface area contributed by atoms with Gasteiger partial charge in [-0.3, -0.25) is 9.59 Å². The zero-order chi connectivity index (χ0) is 15.2. The van der Waals surface area contributed by atoms with Crippen LogP contribution >= 0.6 is 0 Å². The van der Waals surface area contributed by atoms with Crippen LogP contribution in [-0.4, -0.2) is 41.6 Å². The van der Waals surface area contributed by atoms with Crippen molar-refractivity contribution >= 4 is 17.7 Å². The highest BCUT2D eigenvalue weighted by molar-refractivity contribution is 6.02. The summed E-state index contributed by atoms with van der Waals surface area (Å²) in [6, 6.07) is 0. The number of hydrogen-bond acceptors (Lipinski definition) is 6. The van der Waals surface area contributed by atoms with Gasteiger partial charge >= 0.3 is 11.9 Å². The van der Waals surface area contributed by atoms with E-state index in [0.717, 1.165) is 0 Å². The summed E-state index contributed by atoms with van der Waals surface area (Å²) in [6.45, 7) is 3.73. The van der Waals surface area contributed by atoms with Gasteiger partial charge in [0.2, 0.25) is 0 Å². The monoisotopic (exact) mass is 292 g/mol. The highest BCUT2D eigenvalue weighted by atomic mass is 16.6. The van der Waals surface area contributed by atoms with Gasteiger partial charge in [0.15, 0.2) is 11.9 Å². The number of carbonyl (C=O) groups excluding carboxylic acids is 3. The Kier molecular flexibility index (Phi) is 2.20. The molecule has 2 spiro atoms. The van der Waals surface area contributed by atoms with E-state index in [0.29, 0.717) is 12.0 Å². The number of aliphatic hydroxyl groups excluding tert-OH is 1. The molecule has 6 nitrogen and oxygen atoms in total. The number of ketones is 1. The minimum absolute atomic E-state index is 0.148. The molecule has 4 aliphatic rings. The second-order valence-corrected chi connectivity index (χ2v) is 6.64. The average Bonchev–Trinajstić information content (AvgIpc) is 2.69. The highest BCUT2D eigenvalue weighted by Gasteiger charge is 2.74. The summed E-state index contributed by atoms with van der Waals surface area (Å²) in [4.78, 5) is 36.4. The van der Waals surface area contributed by atoms with Crippen LogP contribution in [0.1, 0.15) is 20.3 Å². The molecule has 2 aliphatic carbocycles. The maximum absolute atomic E-state index is 12.2. The van der Waals surface area contributed by atoms with Crippen LogP contribution in [0.4, 0.5) is 0 Å². The van der Waals surface area contributed by atoms with Crippen LogP contribution in [0.3, 0.4) is 0 Å². The van der Waals surface area contributed by atoms with Gasteiger partial charge in [-0.2, -0.15) is 0 Å². The van der Waals surface area contributed by atoms with E-state index in [4.69, 9.17) is 9.47 Å². The van der Waals surface area contributed by atoms with Crippen LogP contribution in [0.25, 0.3) is 0 Å². The second kappa shape index (κ2) is 3.55. The molecule has 6 heteroatoms. The largest absolute Gasteiger partial charge is 0.463 e. The molecule has 0 radical (unpaired) electrons. The summed E-state index contributed by atoms with van der Waals surface area (Å²) in [5.41, 5.74) is -1.36. The lowest BCUT2D eigenvalue weighted by molar-refractivity contribution is -0.229. The molecule has 0 aromatic heterocycles. The first kappa shape index (κ1) is 13.0. The molecule has 6 unspecified atom stereocenters. The first-order valence-corrected chi connectivity index (χ1v) is 7.18. The van der Waals surface area contributed by atoms with E-state index in [2.05, 4.69) is 0 Å². The van der Waals surface area contributed by atoms with Crippen molar-refractivity contribution in [2.45, 2.75) is 32.5 Å². The molecule has 0 aromatic carbocycles. The van der Waals surface area contributed by atoms with E-state index in [-0.39, 0.29) is 24.3 Å². The molecule has 1 N–H and O–H groups in total. The van der Waals surface area contributed by atoms with Crippen molar-refractivity contribution in [3.8, 4) is 0 Å². The molecule has 21 heavy (non-hydrogen) atoms. The molecule has 3 fully saturated rings. The molecule has 0 aromatic rings. The number of ether oxygens (including phenoxy) is 2. The van der Waals surface area contributed by atoms with Gasteiger partial charge in [0.25, 0.3) is 0 Å². The number of aliphatic hydroxyl groups is 1. The first-order valence-electron chi connectivity index (χ1n) is 7.18. The predicted molar refractivity (Wildman–Crippen MR) is 67.7 cm³/mol. The number of cyclic esters (lactones) is 1. The molecule has 112 valence electrons. The molecule has 0 amide bonds. The normalized spacial score (nSPS) is 51.0. The van der Waals surface area contributed by atoms with E-state index < -0.39 is 34.9 Å². The van der Waals surface area contributed by atoms with Crippen LogP contribution in [0.15, 0.2) is 11.6 Å². The minimum atomic E-state index is -1.40. The van der Waals surface area contributed by atoms with E-state index in [9.17, 15) is 19.5 Å². The number of esters is 2. The number of rotatable bonds is 0. The molecule has 2 heterocycles. The molecule has 2 saturated heterocycles. The molecule has 4 rings (SSSR count). The van der Waals surface area contributed by atoms with Gasteiger partial charge in [0, 0.05) is 17.3 Å². The van der Waals surface area contributed by atoms with E-state index in [1.807, 2.05) is 6.92 Å². The molecule has 6 atom stereocenters. The van der Waals surface area contributed by atoms with E-state index >= 15 is 0 Å².